The van der Waals surface area contributed by atoms with Gasteiger partial charge >= 0.3 is 5.97 Å². The molecule has 0 radical (unpaired) electrons. The maximum atomic E-state index is 12.5. The van der Waals surface area contributed by atoms with Crippen molar-refractivity contribution in [3.05, 3.63) is 58.3 Å². The predicted octanol–water partition coefficient (Wildman–Crippen LogP) is 1.69. The second-order valence-corrected chi connectivity index (χ2v) is 7.92. The van der Waals surface area contributed by atoms with Gasteiger partial charge in [-0.2, -0.15) is 0 Å². The van der Waals surface area contributed by atoms with Gasteiger partial charge in [0.2, 0.25) is 5.91 Å². The van der Waals surface area contributed by atoms with Crippen LogP contribution in [0.5, 0.6) is 0 Å². The molecule has 134 valence electrons. The number of fused-ring (bicyclic) bond motifs is 2. The van der Waals surface area contributed by atoms with E-state index in [0.29, 0.717) is 0 Å². The number of thioether (sulfide) groups is 1. The number of carbonyl (C=O) groups excluding carboxylic acids is 2. The number of benzene rings is 1. The number of aliphatic carboxylic acids is 1. The molecule has 0 saturated carbocycles. The zero-order chi connectivity index (χ0) is 18.6. The average molecular weight is 370 g/mol. The van der Waals surface area contributed by atoms with E-state index in [9.17, 15) is 19.5 Å². The molecule has 1 aromatic carbocycles. The Morgan fingerprint density at radius 1 is 1.23 bits per heavy atom. The number of hydrogen-bond acceptors (Lipinski definition) is 4. The first-order valence-corrected chi connectivity index (χ1v) is 9.31. The summed E-state index contributed by atoms with van der Waals surface area (Å²) >= 11 is 1.54. The molecular weight excluding hydrogens is 352 g/mol. The molecule has 0 bridgehead atoms. The van der Waals surface area contributed by atoms with E-state index in [1.54, 1.807) is 0 Å². The fourth-order valence-electron chi connectivity index (χ4n) is 3.68. The molecule has 1 aliphatic carbocycles. The molecule has 0 aromatic heterocycles. The number of amides is 2. The molecule has 1 aromatic rings. The first-order valence-electron chi connectivity index (χ1n) is 8.37. The van der Waals surface area contributed by atoms with Crippen molar-refractivity contribution in [1.82, 2.24) is 10.2 Å². The number of carboxylic acids is 1. The Kier molecular flexibility index (Phi) is 3.91. The highest BCUT2D eigenvalue weighted by atomic mass is 32.2. The average Bonchev–Trinajstić information content (AvgIpc) is 2.64. The molecule has 2 aliphatic heterocycles. The molecule has 7 heteroatoms. The van der Waals surface area contributed by atoms with Gasteiger partial charge in [-0.3, -0.25) is 14.5 Å². The Morgan fingerprint density at radius 2 is 1.92 bits per heavy atom. The lowest BCUT2D eigenvalue weighted by Crippen LogP contribution is -2.71. The summed E-state index contributed by atoms with van der Waals surface area (Å²) in [7, 11) is 0. The predicted molar refractivity (Wildman–Crippen MR) is 97.1 cm³/mol. The van der Waals surface area contributed by atoms with Gasteiger partial charge in [0.25, 0.3) is 5.91 Å². The van der Waals surface area contributed by atoms with Crippen molar-refractivity contribution in [2.24, 2.45) is 0 Å². The fraction of sp³-hybridized carbons (Fsp3) is 0.316. The first kappa shape index (κ1) is 16.9. The molecule has 26 heavy (non-hydrogen) atoms. The summed E-state index contributed by atoms with van der Waals surface area (Å²) in [6, 6.07) is 8.62. The number of rotatable bonds is 4. The van der Waals surface area contributed by atoms with Crippen LogP contribution in [0.25, 0.3) is 0 Å². The SMILES string of the molecule is CC1=C(C)C2SC3C(NC(=O)Cc4ccccc4)C(=O)N3C(C(=O)O)=C12. The van der Waals surface area contributed by atoms with Gasteiger partial charge in [-0.25, -0.2) is 4.79 Å². The quantitative estimate of drug-likeness (QED) is 0.788. The molecule has 3 aliphatic rings. The highest BCUT2D eigenvalue weighted by Crippen LogP contribution is 2.54. The lowest BCUT2D eigenvalue weighted by atomic mass is 9.81. The number of carboxylic acid groups (broad SMARTS) is 1. The van der Waals surface area contributed by atoms with Crippen LogP contribution in [0.4, 0.5) is 0 Å². The Balaban J connectivity index is 1.52. The van der Waals surface area contributed by atoms with Gasteiger partial charge in [0, 0.05) is 5.57 Å². The molecule has 2 N–H and O–H groups in total. The summed E-state index contributed by atoms with van der Waals surface area (Å²) in [6.45, 7) is 3.86. The maximum Gasteiger partial charge on any atom is 0.352 e. The second-order valence-electron chi connectivity index (χ2n) is 6.70. The van der Waals surface area contributed by atoms with E-state index >= 15 is 0 Å². The summed E-state index contributed by atoms with van der Waals surface area (Å²) < 4.78 is 0. The lowest BCUT2D eigenvalue weighted by Gasteiger charge is -2.54. The number of nitrogens with zero attached hydrogens (tertiary/aromatic N) is 1. The monoisotopic (exact) mass is 370 g/mol. The van der Waals surface area contributed by atoms with E-state index in [-0.39, 0.29) is 34.6 Å². The van der Waals surface area contributed by atoms with E-state index in [2.05, 4.69) is 5.32 Å². The minimum absolute atomic E-state index is 0.0102. The largest absolute Gasteiger partial charge is 0.477 e. The van der Waals surface area contributed by atoms with Gasteiger partial charge in [0.15, 0.2) is 0 Å². The smallest absolute Gasteiger partial charge is 0.352 e. The van der Waals surface area contributed by atoms with Crippen LogP contribution in [-0.4, -0.2) is 44.5 Å². The minimum atomic E-state index is -1.09. The molecule has 1 fully saturated rings. The molecule has 0 spiro atoms. The highest BCUT2D eigenvalue weighted by Gasteiger charge is 2.58. The van der Waals surface area contributed by atoms with Crippen molar-refractivity contribution >= 4 is 29.5 Å². The molecule has 1 saturated heterocycles. The standard InChI is InChI=1S/C19H18N2O4S/c1-9-10(2)16-13(9)15(19(24)25)21-17(23)14(18(21)26-16)20-12(22)8-11-6-4-3-5-7-11/h3-7,14,16,18H,8H2,1-2H3,(H,20,22)(H,24,25). The van der Waals surface area contributed by atoms with Crippen molar-refractivity contribution in [2.75, 3.05) is 0 Å². The van der Waals surface area contributed by atoms with Gasteiger partial charge in [-0.1, -0.05) is 35.9 Å². The Morgan fingerprint density at radius 3 is 2.58 bits per heavy atom. The van der Waals surface area contributed by atoms with Crippen LogP contribution in [0, 0.1) is 0 Å². The number of allylic oxidation sites excluding steroid dienone is 1. The summed E-state index contributed by atoms with van der Waals surface area (Å²) in [6.07, 6.45) is 0.191. The number of β-lactam (4-membered cyclic amide) rings is 1. The summed E-state index contributed by atoms with van der Waals surface area (Å²) in [5.74, 6) is -1.69. The third-order valence-electron chi connectivity index (χ3n) is 5.19. The molecule has 3 unspecified atom stereocenters. The first-order chi connectivity index (χ1) is 12.4. The van der Waals surface area contributed by atoms with Gasteiger partial charge in [0.05, 0.1) is 11.7 Å². The van der Waals surface area contributed by atoms with Crippen LogP contribution in [0.1, 0.15) is 19.4 Å². The van der Waals surface area contributed by atoms with Crippen LogP contribution in [-0.2, 0) is 20.8 Å². The van der Waals surface area contributed by atoms with Gasteiger partial charge in [-0.15, -0.1) is 11.8 Å². The van der Waals surface area contributed by atoms with Crippen LogP contribution >= 0.6 is 11.8 Å². The summed E-state index contributed by atoms with van der Waals surface area (Å²) in [5.41, 5.74) is 3.76. The third-order valence-corrected chi connectivity index (χ3v) is 6.82. The molecule has 6 nitrogen and oxygen atoms in total. The molecule has 2 heterocycles. The number of hydrogen-bond donors (Lipinski definition) is 2. The van der Waals surface area contributed by atoms with E-state index in [0.717, 1.165) is 22.3 Å². The highest BCUT2D eigenvalue weighted by molar-refractivity contribution is 8.01. The van der Waals surface area contributed by atoms with Gasteiger partial charge in [0.1, 0.15) is 17.1 Å². The van der Waals surface area contributed by atoms with E-state index in [1.165, 1.54) is 16.7 Å². The molecule has 3 atom stereocenters. The fourth-order valence-corrected chi connectivity index (χ4v) is 5.44. The molecular formula is C19H18N2O4S. The van der Waals surface area contributed by atoms with Gasteiger partial charge < -0.3 is 10.4 Å². The van der Waals surface area contributed by atoms with Crippen LogP contribution in [0.2, 0.25) is 0 Å². The molecule has 2 amide bonds. The normalized spacial score (nSPS) is 26.6. The Bertz CT molecular complexity index is 890. The van der Waals surface area contributed by atoms with Crippen molar-refractivity contribution in [3.63, 3.8) is 0 Å². The van der Waals surface area contributed by atoms with Crippen molar-refractivity contribution in [2.45, 2.75) is 36.9 Å². The van der Waals surface area contributed by atoms with E-state index in [4.69, 9.17) is 0 Å². The van der Waals surface area contributed by atoms with Crippen molar-refractivity contribution in [1.29, 1.82) is 0 Å². The zero-order valence-corrected chi connectivity index (χ0v) is 15.2. The van der Waals surface area contributed by atoms with Crippen LogP contribution in [0.15, 0.2) is 52.7 Å². The topological polar surface area (TPSA) is 86.7 Å². The van der Waals surface area contributed by atoms with Crippen LogP contribution < -0.4 is 5.32 Å². The Hall–Kier alpha value is -2.54. The van der Waals surface area contributed by atoms with E-state index in [1.807, 2.05) is 44.2 Å². The zero-order valence-electron chi connectivity index (χ0n) is 14.4. The number of carbonyl (C=O) groups is 3. The van der Waals surface area contributed by atoms with Gasteiger partial charge in [-0.05, 0) is 25.0 Å². The van der Waals surface area contributed by atoms with E-state index < -0.39 is 12.0 Å². The van der Waals surface area contributed by atoms with Crippen molar-refractivity contribution in [3.8, 4) is 0 Å². The Labute approximate surface area is 154 Å². The minimum Gasteiger partial charge on any atom is -0.477 e. The third kappa shape index (κ3) is 2.38. The lowest BCUT2D eigenvalue weighted by molar-refractivity contribution is -0.150. The number of nitrogens with one attached hydrogen (secondary N) is 1. The second kappa shape index (κ2) is 6.02. The van der Waals surface area contributed by atoms with Crippen LogP contribution in [0.3, 0.4) is 0 Å². The summed E-state index contributed by atoms with van der Waals surface area (Å²) in [4.78, 5) is 37.9. The van der Waals surface area contributed by atoms with Crippen molar-refractivity contribution < 1.29 is 19.5 Å². The maximum absolute atomic E-state index is 12.5. The summed E-state index contributed by atoms with van der Waals surface area (Å²) in [5, 5.41) is 12.0. The molecule has 4 rings (SSSR count).